The van der Waals surface area contributed by atoms with Gasteiger partial charge in [-0.2, -0.15) is 13.2 Å². The molecule has 1 rings (SSSR count). The van der Waals surface area contributed by atoms with Gasteiger partial charge in [0, 0.05) is 5.69 Å². The van der Waals surface area contributed by atoms with Crippen molar-refractivity contribution in [2.45, 2.75) is 26.4 Å². The maximum atomic E-state index is 12.8. The first-order chi connectivity index (χ1) is 8.29. The molecule has 0 amide bonds. The zero-order chi connectivity index (χ0) is 13.9. The van der Waals surface area contributed by atoms with Gasteiger partial charge in [0.1, 0.15) is 0 Å². The van der Waals surface area contributed by atoms with E-state index >= 15 is 0 Å². The first kappa shape index (κ1) is 14.3. The molecule has 0 saturated carbocycles. The number of hydrogen-bond acceptors (Lipinski definition) is 3. The van der Waals surface area contributed by atoms with Gasteiger partial charge in [-0.05, 0) is 25.0 Å². The highest BCUT2D eigenvalue weighted by atomic mass is 19.4. The van der Waals surface area contributed by atoms with E-state index in [-0.39, 0.29) is 12.3 Å². The predicted molar refractivity (Wildman–Crippen MR) is 61.2 cm³/mol. The van der Waals surface area contributed by atoms with Crippen molar-refractivity contribution in [3.63, 3.8) is 0 Å². The molecule has 0 bridgehead atoms. The van der Waals surface area contributed by atoms with E-state index in [4.69, 9.17) is 10.5 Å². The van der Waals surface area contributed by atoms with E-state index < -0.39 is 23.3 Å². The number of nitrogen functional groups attached to an aromatic ring is 1. The largest absolute Gasteiger partial charge is 0.462 e. The van der Waals surface area contributed by atoms with E-state index in [0.29, 0.717) is 12.0 Å². The number of anilines is 1. The van der Waals surface area contributed by atoms with Gasteiger partial charge in [0.25, 0.3) is 0 Å². The molecule has 0 fully saturated rings. The average Bonchev–Trinajstić information content (AvgIpc) is 2.27. The Morgan fingerprint density at radius 2 is 2.00 bits per heavy atom. The molecule has 6 heteroatoms. The minimum Gasteiger partial charge on any atom is -0.462 e. The van der Waals surface area contributed by atoms with Crippen LogP contribution in [0.5, 0.6) is 0 Å². The second-order valence-electron chi connectivity index (χ2n) is 3.85. The van der Waals surface area contributed by atoms with Crippen LogP contribution in [0, 0.1) is 6.92 Å². The number of ether oxygens (including phenoxy) is 1. The summed E-state index contributed by atoms with van der Waals surface area (Å²) in [6, 6.07) is 2.07. The lowest BCUT2D eigenvalue weighted by Gasteiger charge is -2.15. The van der Waals surface area contributed by atoms with E-state index in [1.54, 1.807) is 6.92 Å². The van der Waals surface area contributed by atoms with Gasteiger partial charge in [0.15, 0.2) is 0 Å². The van der Waals surface area contributed by atoms with Crippen LogP contribution in [0.2, 0.25) is 0 Å². The third-order valence-electron chi connectivity index (χ3n) is 2.41. The van der Waals surface area contributed by atoms with Crippen molar-refractivity contribution in [1.82, 2.24) is 0 Å². The first-order valence-corrected chi connectivity index (χ1v) is 5.42. The van der Waals surface area contributed by atoms with E-state index in [1.165, 1.54) is 13.0 Å². The van der Waals surface area contributed by atoms with Gasteiger partial charge >= 0.3 is 12.1 Å². The SMILES string of the molecule is CCCOC(=O)c1c(C(F)(F)F)ccc(C)c1N. The number of aryl methyl sites for hydroxylation is 1. The number of nitrogens with two attached hydrogens (primary N) is 1. The Kier molecular flexibility index (Phi) is 4.21. The highest BCUT2D eigenvalue weighted by Gasteiger charge is 2.37. The molecule has 3 nitrogen and oxygen atoms in total. The molecule has 0 aliphatic rings. The molecule has 2 N–H and O–H groups in total. The van der Waals surface area contributed by atoms with Crippen LogP contribution in [0.15, 0.2) is 12.1 Å². The van der Waals surface area contributed by atoms with Crippen LogP contribution in [0.3, 0.4) is 0 Å². The monoisotopic (exact) mass is 261 g/mol. The number of alkyl halides is 3. The molecule has 0 saturated heterocycles. The van der Waals surface area contributed by atoms with E-state index in [1.807, 2.05) is 0 Å². The second-order valence-corrected chi connectivity index (χ2v) is 3.85. The lowest BCUT2D eigenvalue weighted by Crippen LogP contribution is -2.18. The van der Waals surface area contributed by atoms with Crippen LogP contribution in [0.4, 0.5) is 18.9 Å². The molecule has 0 aliphatic heterocycles. The van der Waals surface area contributed by atoms with Gasteiger partial charge < -0.3 is 10.5 Å². The normalized spacial score (nSPS) is 11.4. The molecule has 1 aromatic rings. The van der Waals surface area contributed by atoms with Gasteiger partial charge in [0.2, 0.25) is 0 Å². The third kappa shape index (κ3) is 2.94. The fourth-order valence-corrected chi connectivity index (χ4v) is 1.45. The minimum atomic E-state index is -4.64. The molecule has 0 unspecified atom stereocenters. The standard InChI is InChI=1S/C12H14F3NO2/c1-3-6-18-11(17)9-8(12(13,14)15)5-4-7(2)10(9)16/h4-5H,3,6,16H2,1-2H3. The number of rotatable bonds is 3. The van der Waals surface area contributed by atoms with Gasteiger partial charge in [-0.1, -0.05) is 13.0 Å². The minimum absolute atomic E-state index is 0.0590. The van der Waals surface area contributed by atoms with Crippen molar-refractivity contribution < 1.29 is 22.7 Å². The summed E-state index contributed by atoms with van der Waals surface area (Å²) in [5.74, 6) is -1.04. The Hall–Kier alpha value is -1.72. The van der Waals surface area contributed by atoms with Crippen LogP contribution in [0.25, 0.3) is 0 Å². The summed E-state index contributed by atoms with van der Waals surface area (Å²) < 4.78 is 43.1. The molecule has 0 aliphatic carbocycles. The van der Waals surface area contributed by atoms with Crippen molar-refractivity contribution >= 4 is 11.7 Å². The van der Waals surface area contributed by atoms with E-state index in [0.717, 1.165) is 6.07 Å². The quantitative estimate of drug-likeness (QED) is 0.671. The lowest BCUT2D eigenvalue weighted by molar-refractivity contribution is -0.138. The Morgan fingerprint density at radius 3 is 2.50 bits per heavy atom. The highest BCUT2D eigenvalue weighted by molar-refractivity contribution is 5.97. The summed E-state index contributed by atoms with van der Waals surface area (Å²) in [6.07, 6.45) is -4.11. The summed E-state index contributed by atoms with van der Waals surface area (Å²) in [7, 11) is 0. The van der Waals surface area contributed by atoms with E-state index in [9.17, 15) is 18.0 Å². The van der Waals surface area contributed by atoms with Gasteiger partial charge in [-0.15, -0.1) is 0 Å². The number of hydrogen-bond donors (Lipinski definition) is 1. The molecule has 0 heterocycles. The van der Waals surface area contributed by atoms with Crippen molar-refractivity contribution in [3.05, 3.63) is 28.8 Å². The topological polar surface area (TPSA) is 52.3 Å². The van der Waals surface area contributed by atoms with Crippen LogP contribution in [-0.2, 0) is 10.9 Å². The molecular weight excluding hydrogens is 247 g/mol. The van der Waals surface area contributed by atoms with Crippen molar-refractivity contribution in [3.8, 4) is 0 Å². The summed E-state index contributed by atoms with van der Waals surface area (Å²) in [5.41, 5.74) is 4.11. The maximum absolute atomic E-state index is 12.8. The van der Waals surface area contributed by atoms with Crippen molar-refractivity contribution in [2.75, 3.05) is 12.3 Å². The predicted octanol–water partition coefficient (Wildman–Crippen LogP) is 3.16. The van der Waals surface area contributed by atoms with Crippen LogP contribution < -0.4 is 5.73 Å². The highest BCUT2D eigenvalue weighted by Crippen LogP contribution is 2.35. The first-order valence-electron chi connectivity index (χ1n) is 5.42. The second kappa shape index (κ2) is 5.29. The number of benzene rings is 1. The van der Waals surface area contributed by atoms with Gasteiger partial charge in [-0.3, -0.25) is 0 Å². The third-order valence-corrected chi connectivity index (χ3v) is 2.41. The Balaban J connectivity index is 3.30. The Bertz CT molecular complexity index is 455. The molecular formula is C12H14F3NO2. The summed E-state index contributed by atoms with van der Waals surface area (Å²) >= 11 is 0. The number of esters is 1. The Labute approximate surface area is 103 Å². The van der Waals surface area contributed by atoms with Crippen LogP contribution >= 0.6 is 0 Å². The number of halogens is 3. The molecule has 0 spiro atoms. The molecule has 1 aromatic carbocycles. The zero-order valence-corrected chi connectivity index (χ0v) is 10.1. The number of carbonyl (C=O) groups excluding carboxylic acids is 1. The zero-order valence-electron chi connectivity index (χ0n) is 10.1. The van der Waals surface area contributed by atoms with Crippen molar-refractivity contribution in [1.29, 1.82) is 0 Å². The van der Waals surface area contributed by atoms with Crippen LogP contribution in [0.1, 0.15) is 34.8 Å². The number of carbonyl (C=O) groups is 1. The smallest absolute Gasteiger partial charge is 0.417 e. The molecule has 0 aromatic heterocycles. The Morgan fingerprint density at radius 1 is 1.39 bits per heavy atom. The summed E-state index contributed by atoms with van der Waals surface area (Å²) in [4.78, 5) is 11.6. The molecule has 0 atom stereocenters. The summed E-state index contributed by atoms with van der Waals surface area (Å²) in [6.45, 7) is 3.34. The van der Waals surface area contributed by atoms with Gasteiger partial charge in [0.05, 0.1) is 17.7 Å². The fourth-order valence-electron chi connectivity index (χ4n) is 1.45. The molecule has 0 radical (unpaired) electrons. The van der Waals surface area contributed by atoms with E-state index in [2.05, 4.69) is 0 Å². The fraction of sp³-hybridized carbons (Fsp3) is 0.417. The van der Waals surface area contributed by atoms with Crippen LogP contribution in [-0.4, -0.2) is 12.6 Å². The van der Waals surface area contributed by atoms with Crippen molar-refractivity contribution in [2.24, 2.45) is 0 Å². The average molecular weight is 261 g/mol. The summed E-state index contributed by atoms with van der Waals surface area (Å²) in [5, 5.41) is 0. The molecule has 100 valence electrons. The lowest BCUT2D eigenvalue weighted by atomic mass is 10.0. The maximum Gasteiger partial charge on any atom is 0.417 e. The molecule has 18 heavy (non-hydrogen) atoms. The van der Waals surface area contributed by atoms with Gasteiger partial charge in [-0.25, -0.2) is 4.79 Å².